The van der Waals surface area contributed by atoms with Gasteiger partial charge in [-0.1, -0.05) is 18.2 Å². The second kappa shape index (κ2) is 4.43. The van der Waals surface area contributed by atoms with Crippen LogP contribution >= 0.6 is 0 Å². The summed E-state index contributed by atoms with van der Waals surface area (Å²) < 4.78 is 0. The maximum atomic E-state index is 11.7. The standard InChI is InChI=1S/C12H17N3O/c1-9-6-7-15(12(16)14-9)8-10-4-2-3-5-11(10)13/h2-5,9H,6-8,13H2,1H3,(H,14,16). The molecule has 2 amide bonds. The van der Waals surface area contributed by atoms with E-state index >= 15 is 0 Å². The summed E-state index contributed by atoms with van der Waals surface area (Å²) in [6, 6.07) is 7.94. The molecule has 2 rings (SSSR count). The van der Waals surface area contributed by atoms with E-state index in [1.807, 2.05) is 31.2 Å². The summed E-state index contributed by atoms with van der Waals surface area (Å²) in [4.78, 5) is 13.5. The van der Waals surface area contributed by atoms with Crippen LogP contribution in [0.4, 0.5) is 10.5 Å². The number of para-hydroxylation sites is 1. The number of nitrogens with two attached hydrogens (primary N) is 1. The zero-order valence-corrected chi connectivity index (χ0v) is 9.44. The molecule has 16 heavy (non-hydrogen) atoms. The van der Waals surface area contributed by atoms with E-state index in [0.29, 0.717) is 6.54 Å². The number of anilines is 1. The highest BCUT2D eigenvalue weighted by atomic mass is 16.2. The predicted molar refractivity (Wildman–Crippen MR) is 63.9 cm³/mol. The number of nitrogens with zero attached hydrogens (tertiary/aromatic N) is 1. The molecule has 1 heterocycles. The molecule has 0 aliphatic carbocycles. The molecule has 1 saturated heterocycles. The number of hydrogen-bond acceptors (Lipinski definition) is 2. The van der Waals surface area contributed by atoms with Crippen molar-refractivity contribution < 1.29 is 4.79 Å². The van der Waals surface area contributed by atoms with Crippen molar-refractivity contribution in [2.45, 2.75) is 25.9 Å². The van der Waals surface area contributed by atoms with Crippen LogP contribution in [0.5, 0.6) is 0 Å². The molecule has 1 unspecified atom stereocenters. The molecule has 1 aromatic rings. The van der Waals surface area contributed by atoms with Crippen LogP contribution in [0.3, 0.4) is 0 Å². The Kier molecular flexibility index (Phi) is 2.99. The number of hydrogen-bond donors (Lipinski definition) is 2. The van der Waals surface area contributed by atoms with Crippen LogP contribution in [0, 0.1) is 0 Å². The summed E-state index contributed by atoms with van der Waals surface area (Å²) in [6.45, 7) is 3.40. The van der Waals surface area contributed by atoms with Gasteiger partial charge < -0.3 is 16.0 Å². The normalized spacial score (nSPS) is 20.7. The molecular weight excluding hydrogens is 202 g/mol. The molecule has 3 N–H and O–H groups in total. The molecule has 1 atom stereocenters. The van der Waals surface area contributed by atoms with Gasteiger partial charge in [-0.25, -0.2) is 4.79 Å². The van der Waals surface area contributed by atoms with Gasteiger partial charge in [0, 0.05) is 24.8 Å². The van der Waals surface area contributed by atoms with E-state index in [-0.39, 0.29) is 12.1 Å². The molecule has 1 aromatic carbocycles. The van der Waals surface area contributed by atoms with Gasteiger partial charge in [-0.05, 0) is 25.0 Å². The minimum absolute atomic E-state index is 0.00185. The summed E-state index contributed by atoms with van der Waals surface area (Å²) in [6.07, 6.45) is 0.985. The third-order valence-corrected chi connectivity index (χ3v) is 2.91. The Bertz CT molecular complexity index is 392. The lowest BCUT2D eigenvalue weighted by molar-refractivity contribution is 0.173. The Hall–Kier alpha value is -1.71. The average molecular weight is 219 g/mol. The number of rotatable bonds is 2. The fourth-order valence-electron chi connectivity index (χ4n) is 1.86. The monoisotopic (exact) mass is 219 g/mol. The lowest BCUT2D eigenvalue weighted by Crippen LogP contribution is -2.50. The van der Waals surface area contributed by atoms with E-state index in [4.69, 9.17) is 5.73 Å². The van der Waals surface area contributed by atoms with Gasteiger partial charge in [0.05, 0.1) is 0 Å². The number of nitrogen functional groups attached to an aromatic ring is 1. The summed E-state index contributed by atoms with van der Waals surface area (Å²) in [7, 11) is 0. The SMILES string of the molecule is CC1CCN(Cc2ccccc2N)C(=O)N1. The maximum absolute atomic E-state index is 11.7. The van der Waals surface area contributed by atoms with Gasteiger partial charge in [-0.2, -0.15) is 0 Å². The van der Waals surface area contributed by atoms with E-state index in [1.54, 1.807) is 4.90 Å². The molecular formula is C12H17N3O. The zero-order chi connectivity index (χ0) is 11.5. The smallest absolute Gasteiger partial charge is 0.317 e. The van der Waals surface area contributed by atoms with Crippen molar-refractivity contribution in [3.63, 3.8) is 0 Å². The van der Waals surface area contributed by atoms with Gasteiger partial charge in [-0.3, -0.25) is 0 Å². The van der Waals surface area contributed by atoms with E-state index in [1.165, 1.54) is 0 Å². The van der Waals surface area contributed by atoms with Crippen molar-refractivity contribution in [3.05, 3.63) is 29.8 Å². The molecule has 4 nitrogen and oxygen atoms in total. The van der Waals surface area contributed by atoms with Gasteiger partial charge >= 0.3 is 6.03 Å². The van der Waals surface area contributed by atoms with Crippen molar-refractivity contribution in [1.82, 2.24) is 10.2 Å². The fourth-order valence-corrected chi connectivity index (χ4v) is 1.86. The first-order chi connectivity index (χ1) is 7.66. The van der Waals surface area contributed by atoms with Gasteiger partial charge in [0.25, 0.3) is 0 Å². The number of benzene rings is 1. The van der Waals surface area contributed by atoms with E-state index in [9.17, 15) is 4.79 Å². The van der Waals surface area contributed by atoms with Gasteiger partial charge in [-0.15, -0.1) is 0 Å². The number of urea groups is 1. The van der Waals surface area contributed by atoms with Gasteiger partial charge in [0.2, 0.25) is 0 Å². The average Bonchev–Trinajstić information content (AvgIpc) is 2.25. The number of nitrogens with one attached hydrogen (secondary N) is 1. The Morgan fingerprint density at radius 2 is 2.25 bits per heavy atom. The highest BCUT2D eigenvalue weighted by molar-refractivity contribution is 5.75. The molecule has 0 radical (unpaired) electrons. The van der Waals surface area contributed by atoms with E-state index < -0.39 is 0 Å². The highest BCUT2D eigenvalue weighted by Gasteiger charge is 2.22. The fraction of sp³-hybridized carbons (Fsp3) is 0.417. The maximum Gasteiger partial charge on any atom is 0.317 e. The molecule has 0 bridgehead atoms. The lowest BCUT2D eigenvalue weighted by atomic mass is 10.1. The third-order valence-electron chi connectivity index (χ3n) is 2.91. The summed E-state index contributed by atoms with van der Waals surface area (Å²) >= 11 is 0. The number of amides is 2. The first kappa shape index (κ1) is 10.8. The first-order valence-electron chi connectivity index (χ1n) is 5.55. The number of carbonyl (C=O) groups excluding carboxylic acids is 1. The number of carbonyl (C=O) groups is 1. The quantitative estimate of drug-likeness (QED) is 0.742. The minimum Gasteiger partial charge on any atom is -0.398 e. The molecule has 1 aliphatic rings. The van der Waals surface area contributed by atoms with Gasteiger partial charge in [0.1, 0.15) is 0 Å². The summed E-state index contributed by atoms with van der Waals surface area (Å²) in [5.74, 6) is 0. The lowest BCUT2D eigenvalue weighted by Gasteiger charge is -2.31. The summed E-state index contributed by atoms with van der Waals surface area (Å²) in [5.41, 5.74) is 7.60. The van der Waals surface area contributed by atoms with Crippen molar-refractivity contribution >= 4 is 11.7 Å². The van der Waals surface area contributed by atoms with Crippen LogP contribution < -0.4 is 11.1 Å². The minimum atomic E-state index is 0.00185. The predicted octanol–water partition coefficient (Wildman–Crippen LogP) is 1.57. The van der Waals surface area contributed by atoms with Crippen molar-refractivity contribution in [1.29, 1.82) is 0 Å². The van der Waals surface area contributed by atoms with Crippen molar-refractivity contribution in [2.24, 2.45) is 0 Å². The molecule has 0 aromatic heterocycles. The van der Waals surface area contributed by atoms with Crippen LogP contribution in [0.2, 0.25) is 0 Å². The topological polar surface area (TPSA) is 58.4 Å². The van der Waals surface area contributed by atoms with Crippen molar-refractivity contribution in [3.8, 4) is 0 Å². The highest BCUT2D eigenvalue weighted by Crippen LogP contribution is 2.15. The third kappa shape index (κ3) is 2.27. The Morgan fingerprint density at radius 1 is 1.50 bits per heavy atom. The van der Waals surface area contributed by atoms with E-state index in [2.05, 4.69) is 5.32 Å². The Balaban J connectivity index is 2.05. The Morgan fingerprint density at radius 3 is 2.94 bits per heavy atom. The van der Waals surface area contributed by atoms with Crippen LogP contribution in [0.1, 0.15) is 18.9 Å². The van der Waals surface area contributed by atoms with Crippen molar-refractivity contribution in [2.75, 3.05) is 12.3 Å². The summed E-state index contributed by atoms with van der Waals surface area (Å²) in [5, 5.41) is 2.92. The van der Waals surface area contributed by atoms with Crippen LogP contribution in [-0.2, 0) is 6.54 Å². The second-order valence-corrected chi connectivity index (χ2v) is 4.26. The van der Waals surface area contributed by atoms with Crippen LogP contribution in [0.15, 0.2) is 24.3 Å². The second-order valence-electron chi connectivity index (χ2n) is 4.26. The van der Waals surface area contributed by atoms with Crippen LogP contribution in [-0.4, -0.2) is 23.5 Å². The Labute approximate surface area is 95.4 Å². The first-order valence-corrected chi connectivity index (χ1v) is 5.55. The molecule has 1 aliphatic heterocycles. The van der Waals surface area contributed by atoms with Crippen LogP contribution in [0.25, 0.3) is 0 Å². The largest absolute Gasteiger partial charge is 0.398 e. The molecule has 4 heteroatoms. The van der Waals surface area contributed by atoms with Gasteiger partial charge in [0.15, 0.2) is 0 Å². The molecule has 1 fully saturated rings. The molecule has 0 spiro atoms. The molecule has 0 saturated carbocycles. The van der Waals surface area contributed by atoms with E-state index in [0.717, 1.165) is 24.2 Å². The molecule has 86 valence electrons. The zero-order valence-electron chi connectivity index (χ0n) is 9.44.